The minimum absolute atomic E-state index is 0.0404. The van der Waals surface area contributed by atoms with E-state index in [0.29, 0.717) is 47.9 Å². The van der Waals surface area contributed by atoms with Crippen LogP contribution in [-0.2, 0) is 18.8 Å². The summed E-state index contributed by atoms with van der Waals surface area (Å²) >= 11 is 0. The summed E-state index contributed by atoms with van der Waals surface area (Å²) in [7, 11) is -2.03. The maximum Gasteiger partial charge on any atom is 0.240 e. The summed E-state index contributed by atoms with van der Waals surface area (Å²) in [4.78, 5) is 29.4. The first-order valence-corrected chi connectivity index (χ1v) is 16.1. The van der Waals surface area contributed by atoms with Gasteiger partial charge in [-0.25, -0.2) is 4.90 Å². The smallest absolute Gasteiger partial charge is 0.240 e. The zero-order valence-electron chi connectivity index (χ0n) is 22.5. The number of imide groups is 1. The highest BCUT2D eigenvalue weighted by Crippen LogP contribution is 2.63. The van der Waals surface area contributed by atoms with Crippen LogP contribution in [-0.4, -0.2) is 49.2 Å². The fourth-order valence-electron chi connectivity index (χ4n) is 6.49. The molecule has 0 aromatic heterocycles. The number of nitrogens with zero attached hydrogens (tertiary/aromatic N) is 2. The van der Waals surface area contributed by atoms with Crippen molar-refractivity contribution in [3.63, 3.8) is 0 Å². The van der Waals surface area contributed by atoms with Crippen LogP contribution in [0.3, 0.4) is 0 Å². The highest BCUT2D eigenvalue weighted by Gasteiger charge is 2.77. The number of fused-ring (bicyclic) bond motifs is 6. The van der Waals surface area contributed by atoms with Gasteiger partial charge < -0.3 is 14.3 Å². The minimum atomic E-state index is -2.03. The van der Waals surface area contributed by atoms with Gasteiger partial charge in [-0.3, -0.25) is 9.59 Å². The predicted octanol–water partition coefficient (Wildman–Crippen LogP) is 4.91. The molecule has 3 heterocycles. The third-order valence-corrected chi connectivity index (χ3v) is 14.0. The summed E-state index contributed by atoms with van der Waals surface area (Å²) in [6.07, 6.45) is 0.354. The Morgan fingerprint density at radius 1 is 1.14 bits per heavy atom. The van der Waals surface area contributed by atoms with Crippen LogP contribution >= 0.6 is 0 Å². The van der Waals surface area contributed by atoms with E-state index in [9.17, 15) is 20.0 Å². The molecule has 5 rings (SSSR count). The summed E-state index contributed by atoms with van der Waals surface area (Å²) in [6.45, 7) is 13.2. The molecule has 3 aliphatic heterocycles. The maximum atomic E-state index is 14.1. The largest absolute Gasteiger partial charge is 0.417 e. The molecule has 1 N–H and O–H groups in total. The van der Waals surface area contributed by atoms with Crippen molar-refractivity contribution in [1.82, 2.24) is 0 Å². The van der Waals surface area contributed by atoms with Gasteiger partial charge >= 0.3 is 0 Å². The summed E-state index contributed by atoms with van der Waals surface area (Å²) in [6, 6.07) is 12.9. The zero-order valence-corrected chi connectivity index (χ0v) is 23.5. The van der Waals surface area contributed by atoms with E-state index in [1.165, 1.54) is 4.90 Å². The Bertz CT molecular complexity index is 1330. The van der Waals surface area contributed by atoms with Crippen molar-refractivity contribution in [2.75, 3.05) is 11.5 Å². The molecule has 0 unspecified atom stereocenters. The van der Waals surface area contributed by atoms with Gasteiger partial charge in [0.25, 0.3) is 0 Å². The molecule has 3 saturated heterocycles. The summed E-state index contributed by atoms with van der Waals surface area (Å²) < 4.78 is 13.0. The third-order valence-electron chi connectivity index (χ3n) is 9.50. The van der Waals surface area contributed by atoms with Crippen LogP contribution in [0.1, 0.15) is 52.5 Å². The normalized spacial score (nSPS) is 31.3. The number of amides is 2. The standard InChI is InChI=1S/C29H36N2O5Si/c1-7-29-22(32)16-28(36-29,14-15-35-37(5,6)27(2,3)4)23-24(29)26(34)31(25(23)33)21-13-12-18(17-30)19-10-8-9-11-20(19)21/h8-13,22-24,32H,7,14-16H2,1-6H3/t22-,23+,24-,28+,29-/m1/s1. The lowest BCUT2D eigenvalue weighted by Crippen LogP contribution is -2.51. The molecule has 0 aliphatic carbocycles. The van der Waals surface area contributed by atoms with E-state index in [2.05, 4.69) is 39.9 Å². The SMILES string of the molecule is CC[C@@]12O[C@@](CCO[Si](C)(C)C(C)(C)C)(C[C@H]1O)[C@@H]1C(=O)N(c3ccc(C#N)c4ccccc34)C(=O)[C@@H]12. The Balaban J connectivity index is 1.54. The Morgan fingerprint density at radius 2 is 1.78 bits per heavy atom. The lowest BCUT2D eigenvalue weighted by molar-refractivity contribution is -0.137. The zero-order chi connectivity index (χ0) is 27.0. The van der Waals surface area contributed by atoms with Gasteiger partial charge in [0.05, 0.1) is 40.9 Å². The van der Waals surface area contributed by atoms with Crippen LogP contribution in [0.25, 0.3) is 10.8 Å². The molecular weight excluding hydrogens is 484 g/mol. The van der Waals surface area contributed by atoms with Crippen LogP contribution in [0.15, 0.2) is 36.4 Å². The number of hydrogen-bond acceptors (Lipinski definition) is 6. The van der Waals surface area contributed by atoms with E-state index in [-0.39, 0.29) is 16.9 Å². The molecule has 7 nitrogen and oxygen atoms in total. The van der Waals surface area contributed by atoms with Crippen molar-refractivity contribution in [1.29, 1.82) is 5.26 Å². The molecule has 2 aromatic carbocycles. The minimum Gasteiger partial charge on any atom is -0.417 e. The number of aliphatic hydroxyl groups excluding tert-OH is 1. The van der Waals surface area contributed by atoms with Gasteiger partial charge in [-0.15, -0.1) is 0 Å². The highest BCUT2D eigenvalue weighted by atomic mass is 28.4. The number of ether oxygens (including phenoxy) is 1. The van der Waals surface area contributed by atoms with Gasteiger partial charge in [0.1, 0.15) is 5.60 Å². The summed E-state index contributed by atoms with van der Waals surface area (Å²) in [5.74, 6) is -2.06. The quantitative estimate of drug-likeness (QED) is 0.429. The Labute approximate surface area is 219 Å². The molecule has 37 heavy (non-hydrogen) atoms. The summed E-state index contributed by atoms with van der Waals surface area (Å²) in [5.41, 5.74) is -1.08. The van der Waals surface area contributed by atoms with Crippen molar-refractivity contribution < 1.29 is 23.9 Å². The van der Waals surface area contributed by atoms with E-state index < -0.39 is 37.5 Å². The fraction of sp³-hybridized carbons (Fsp3) is 0.552. The first kappa shape index (κ1) is 26.1. The van der Waals surface area contributed by atoms with Crippen LogP contribution in [0.4, 0.5) is 5.69 Å². The first-order chi connectivity index (χ1) is 17.3. The molecular formula is C29H36N2O5Si. The molecule has 2 bridgehead atoms. The predicted molar refractivity (Wildman–Crippen MR) is 143 cm³/mol. The van der Waals surface area contributed by atoms with Gasteiger partial charge in [-0.05, 0) is 43.1 Å². The van der Waals surface area contributed by atoms with Gasteiger partial charge in [-0.1, -0.05) is 52.0 Å². The van der Waals surface area contributed by atoms with Crippen molar-refractivity contribution in [3.8, 4) is 6.07 Å². The number of anilines is 1. The molecule has 2 aromatic rings. The Kier molecular flexibility index (Phi) is 5.96. The second kappa shape index (κ2) is 8.47. The van der Waals surface area contributed by atoms with Crippen LogP contribution < -0.4 is 4.90 Å². The number of carbonyl (C=O) groups excluding carboxylic acids is 2. The molecule has 2 amide bonds. The molecule has 8 heteroatoms. The van der Waals surface area contributed by atoms with Crippen molar-refractivity contribution in [3.05, 3.63) is 42.0 Å². The molecule has 0 radical (unpaired) electrons. The number of carbonyl (C=O) groups is 2. The van der Waals surface area contributed by atoms with Gasteiger partial charge in [0, 0.05) is 23.8 Å². The number of aliphatic hydroxyl groups is 1. The monoisotopic (exact) mass is 520 g/mol. The number of benzene rings is 2. The lowest BCUT2D eigenvalue weighted by atomic mass is 9.64. The van der Waals surface area contributed by atoms with Gasteiger partial charge in [-0.2, -0.15) is 5.26 Å². The summed E-state index contributed by atoms with van der Waals surface area (Å²) in [5, 5.41) is 22.2. The Hall–Kier alpha value is -2.57. The van der Waals surface area contributed by atoms with Crippen molar-refractivity contribution in [2.45, 2.75) is 82.4 Å². The molecule has 196 valence electrons. The van der Waals surface area contributed by atoms with Crippen LogP contribution in [0.5, 0.6) is 0 Å². The van der Waals surface area contributed by atoms with E-state index >= 15 is 0 Å². The number of nitriles is 1. The van der Waals surface area contributed by atoms with Crippen molar-refractivity contribution >= 4 is 36.6 Å². The molecule has 5 atom stereocenters. The average Bonchev–Trinajstić information content (AvgIpc) is 3.40. The van der Waals surface area contributed by atoms with Gasteiger partial charge in [0.2, 0.25) is 11.8 Å². The number of rotatable bonds is 6. The van der Waals surface area contributed by atoms with Crippen LogP contribution in [0, 0.1) is 23.2 Å². The molecule has 0 saturated carbocycles. The van der Waals surface area contributed by atoms with Crippen LogP contribution in [0.2, 0.25) is 18.1 Å². The maximum absolute atomic E-state index is 14.1. The second-order valence-corrected chi connectivity index (χ2v) is 17.1. The fourth-order valence-corrected chi connectivity index (χ4v) is 7.53. The third kappa shape index (κ3) is 3.55. The number of hydrogen-bond donors (Lipinski definition) is 1. The van der Waals surface area contributed by atoms with Crippen molar-refractivity contribution in [2.24, 2.45) is 11.8 Å². The van der Waals surface area contributed by atoms with E-state index in [0.717, 1.165) is 0 Å². The first-order valence-electron chi connectivity index (χ1n) is 13.2. The van der Waals surface area contributed by atoms with E-state index in [4.69, 9.17) is 9.16 Å². The molecule has 3 aliphatic rings. The second-order valence-electron chi connectivity index (χ2n) is 12.3. The highest BCUT2D eigenvalue weighted by molar-refractivity contribution is 6.74. The molecule has 0 spiro atoms. The average molecular weight is 521 g/mol. The van der Waals surface area contributed by atoms with Gasteiger partial charge in [0.15, 0.2) is 8.32 Å². The van der Waals surface area contributed by atoms with E-state index in [1.54, 1.807) is 12.1 Å². The topological polar surface area (TPSA) is 99.9 Å². The van der Waals surface area contributed by atoms with E-state index in [1.807, 2.05) is 31.2 Å². The molecule has 3 fully saturated rings. The Morgan fingerprint density at radius 3 is 2.41 bits per heavy atom. The lowest BCUT2D eigenvalue weighted by Gasteiger charge is -2.38.